The number of benzene rings is 2. The molecule has 1 unspecified atom stereocenters. The van der Waals surface area contributed by atoms with Crippen molar-refractivity contribution in [1.82, 2.24) is 10.2 Å². The van der Waals surface area contributed by atoms with Crippen molar-refractivity contribution in [3.05, 3.63) is 71.8 Å². The highest BCUT2D eigenvalue weighted by Gasteiger charge is 2.44. The van der Waals surface area contributed by atoms with E-state index >= 15 is 0 Å². The Morgan fingerprint density at radius 3 is 1.93 bits per heavy atom. The summed E-state index contributed by atoms with van der Waals surface area (Å²) in [5, 5.41) is 2.81. The average molecular weight is 386 g/mol. The number of nitrogens with one attached hydrogen (secondary N) is 1. The number of amides is 1. The van der Waals surface area contributed by atoms with Crippen LogP contribution in [-0.2, 0) is 17.9 Å². The van der Waals surface area contributed by atoms with Gasteiger partial charge in [0.1, 0.15) is 0 Å². The Morgan fingerprint density at radius 1 is 1.00 bits per heavy atom. The number of nitrogens with zero attached hydrogens (tertiary/aromatic N) is 1. The van der Waals surface area contributed by atoms with Crippen molar-refractivity contribution in [2.24, 2.45) is 5.92 Å². The molecule has 1 atom stereocenters. The fraction of sp³-hybridized carbons (Fsp3) is 0.435. The first-order valence-electron chi connectivity index (χ1n) is 9.73. The molecule has 1 amide bonds. The van der Waals surface area contributed by atoms with Gasteiger partial charge >= 0.3 is 0 Å². The summed E-state index contributed by atoms with van der Waals surface area (Å²) < 4.78 is 29.9. The molecule has 5 heteroatoms. The highest BCUT2D eigenvalue weighted by Crippen LogP contribution is 2.34. The van der Waals surface area contributed by atoms with E-state index in [1.54, 1.807) is 4.90 Å². The predicted molar refractivity (Wildman–Crippen MR) is 107 cm³/mol. The zero-order chi connectivity index (χ0) is 20.2. The van der Waals surface area contributed by atoms with Gasteiger partial charge in [-0.3, -0.25) is 9.69 Å². The van der Waals surface area contributed by atoms with Crippen molar-refractivity contribution in [2.45, 2.75) is 51.2 Å². The van der Waals surface area contributed by atoms with Gasteiger partial charge in [0.2, 0.25) is 5.91 Å². The lowest BCUT2D eigenvalue weighted by Crippen LogP contribution is -2.38. The van der Waals surface area contributed by atoms with Gasteiger partial charge in [-0.2, -0.15) is 0 Å². The third-order valence-corrected chi connectivity index (χ3v) is 5.09. The normalized spacial score (nSPS) is 19.0. The van der Waals surface area contributed by atoms with Crippen LogP contribution in [0.5, 0.6) is 0 Å². The molecule has 1 N–H and O–H groups in total. The summed E-state index contributed by atoms with van der Waals surface area (Å²) in [5.74, 6) is -3.84. The van der Waals surface area contributed by atoms with E-state index in [9.17, 15) is 13.6 Å². The summed E-state index contributed by atoms with van der Waals surface area (Å²) in [7, 11) is 0. The van der Waals surface area contributed by atoms with Gasteiger partial charge in [-0.1, -0.05) is 60.7 Å². The Labute approximate surface area is 165 Å². The summed E-state index contributed by atoms with van der Waals surface area (Å²) in [4.78, 5) is 13.8. The second-order valence-corrected chi connectivity index (χ2v) is 8.45. The lowest BCUT2D eigenvalue weighted by atomic mass is 9.92. The fourth-order valence-electron chi connectivity index (χ4n) is 3.96. The van der Waals surface area contributed by atoms with E-state index in [2.05, 4.69) is 5.32 Å². The highest BCUT2D eigenvalue weighted by molar-refractivity contribution is 5.82. The Balaban J connectivity index is 1.70. The Bertz CT molecular complexity index is 736. The smallest absolute Gasteiger partial charge is 0.261 e. The van der Waals surface area contributed by atoms with Gasteiger partial charge in [0.15, 0.2) is 0 Å². The standard InChI is InChI=1S/C23H28F2N2O/c1-22(2)13-20(21(28)26-22)14-23(24,25)17-27(15-18-9-5-3-6-10-18)16-19-11-7-4-8-12-19/h3-12,20H,13-17H2,1-2H3,(H,26,28). The molecule has 0 radical (unpaired) electrons. The second-order valence-electron chi connectivity index (χ2n) is 8.45. The van der Waals surface area contributed by atoms with E-state index in [0.29, 0.717) is 19.5 Å². The van der Waals surface area contributed by atoms with Crippen LogP contribution in [0.2, 0.25) is 0 Å². The molecule has 2 aromatic rings. The number of carbonyl (C=O) groups excluding carboxylic acids is 1. The van der Waals surface area contributed by atoms with Crippen LogP contribution in [-0.4, -0.2) is 28.8 Å². The number of carbonyl (C=O) groups is 1. The second kappa shape index (κ2) is 8.39. The van der Waals surface area contributed by atoms with Crippen molar-refractivity contribution in [3.63, 3.8) is 0 Å². The molecule has 3 rings (SSSR count). The van der Waals surface area contributed by atoms with E-state index in [-0.39, 0.29) is 12.5 Å². The van der Waals surface area contributed by atoms with Crippen molar-refractivity contribution in [3.8, 4) is 0 Å². The van der Waals surface area contributed by atoms with E-state index in [1.807, 2.05) is 74.5 Å². The molecule has 1 heterocycles. The lowest BCUT2D eigenvalue weighted by molar-refractivity contribution is -0.126. The minimum atomic E-state index is -2.94. The lowest BCUT2D eigenvalue weighted by Gasteiger charge is -2.29. The molecule has 0 aromatic heterocycles. The number of halogens is 2. The number of hydrogen-bond acceptors (Lipinski definition) is 2. The van der Waals surface area contributed by atoms with Crippen molar-refractivity contribution >= 4 is 5.91 Å². The molecule has 150 valence electrons. The third-order valence-electron chi connectivity index (χ3n) is 5.09. The first-order chi connectivity index (χ1) is 13.2. The summed E-state index contributed by atoms with van der Waals surface area (Å²) >= 11 is 0. The van der Waals surface area contributed by atoms with Crippen LogP contribution in [0.1, 0.15) is 37.8 Å². The minimum absolute atomic E-state index is 0.262. The van der Waals surface area contributed by atoms with Gasteiger partial charge in [-0.15, -0.1) is 0 Å². The molecule has 2 aromatic carbocycles. The molecule has 1 saturated heterocycles. The van der Waals surface area contributed by atoms with Gasteiger partial charge in [0.25, 0.3) is 5.92 Å². The van der Waals surface area contributed by atoms with Crippen molar-refractivity contribution in [1.29, 1.82) is 0 Å². The highest BCUT2D eigenvalue weighted by atomic mass is 19.3. The van der Waals surface area contributed by atoms with Crippen molar-refractivity contribution < 1.29 is 13.6 Å². The first-order valence-corrected chi connectivity index (χ1v) is 9.73. The van der Waals surface area contributed by atoms with Crippen LogP contribution < -0.4 is 5.32 Å². The number of alkyl halides is 2. The topological polar surface area (TPSA) is 32.3 Å². The van der Waals surface area contributed by atoms with Gasteiger partial charge in [0, 0.05) is 31.0 Å². The SMILES string of the molecule is CC1(C)CC(CC(F)(F)CN(Cc2ccccc2)Cc2ccccc2)C(=O)N1. The fourth-order valence-corrected chi connectivity index (χ4v) is 3.96. The maximum absolute atomic E-state index is 14.9. The molecule has 0 spiro atoms. The molecule has 1 aliphatic heterocycles. The molecule has 1 aliphatic rings. The quantitative estimate of drug-likeness (QED) is 0.717. The third kappa shape index (κ3) is 5.86. The molecular weight excluding hydrogens is 358 g/mol. The van der Waals surface area contributed by atoms with Gasteiger partial charge in [0.05, 0.1) is 6.54 Å². The summed E-state index contributed by atoms with van der Waals surface area (Å²) in [5.41, 5.74) is 1.58. The minimum Gasteiger partial charge on any atom is -0.351 e. The van der Waals surface area contributed by atoms with E-state index < -0.39 is 23.8 Å². The van der Waals surface area contributed by atoms with E-state index in [1.165, 1.54) is 0 Å². The number of hydrogen-bond donors (Lipinski definition) is 1. The summed E-state index contributed by atoms with van der Waals surface area (Å²) in [6.07, 6.45) is 0.0289. The van der Waals surface area contributed by atoms with Crippen LogP contribution in [0.25, 0.3) is 0 Å². The predicted octanol–water partition coefficient (Wildman–Crippen LogP) is 4.63. The van der Waals surface area contributed by atoms with Gasteiger partial charge in [-0.05, 0) is 31.4 Å². The molecular formula is C23H28F2N2O. The van der Waals surface area contributed by atoms with Crippen LogP contribution in [0, 0.1) is 5.92 Å². The maximum Gasteiger partial charge on any atom is 0.261 e. The molecule has 0 bridgehead atoms. The molecule has 0 saturated carbocycles. The summed E-state index contributed by atoms with van der Waals surface area (Å²) in [6, 6.07) is 19.3. The van der Waals surface area contributed by atoms with E-state index in [4.69, 9.17) is 0 Å². The first kappa shape index (κ1) is 20.5. The number of rotatable bonds is 8. The molecule has 1 fully saturated rings. The molecule has 0 aliphatic carbocycles. The molecule has 3 nitrogen and oxygen atoms in total. The molecule has 28 heavy (non-hydrogen) atoms. The Hall–Kier alpha value is -2.27. The van der Waals surface area contributed by atoms with Crippen LogP contribution in [0.15, 0.2) is 60.7 Å². The van der Waals surface area contributed by atoms with Gasteiger partial charge in [-0.25, -0.2) is 8.78 Å². The zero-order valence-corrected chi connectivity index (χ0v) is 16.5. The largest absolute Gasteiger partial charge is 0.351 e. The Kier molecular flexibility index (Phi) is 6.14. The maximum atomic E-state index is 14.9. The zero-order valence-electron chi connectivity index (χ0n) is 16.5. The average Bonchev–Trinajstić information content (AvgIpc) is 2.87. The van der Waals surface area contributed by atoms with Crippen LogP contribution in [0.4, 0.5) is 8.78 Å². The van der Waals surface area contributed by atoms with Crippen LogP contribution in [0.3, 0.4) is 0 Å². The monoisotopic (exact) mass is 386 g/mol. The Morgan fingerprint density at radius 2 is 1.50 bits per heavy atom. The van der Waals surface area contributed by atoms with Gasteiger partial charge < -0.3 is 5.32 Å². The van der Waals surface area contributed by atoms with Crippen molar-refractivity contribution in [2.75, 3.05) is 6.54 Å². The summed E-state index contributed by atoms with van der Waals surface area (Å²) in [6.45, 7) is 4.25. The van der Waals surface area contributed by atoms with Crippen LogP contribution >= 0.6 is 0 Å². The van der Waals surface area contributed by atoms with E-state index in [0.717, 1.165) is 11.1 Å².